The maximum absolute atomic E-state index is 12.1. The van der Waals surface area contributed by atoms with E-state index < -0.39 is 0 Å². The van der Waals surface area contributed by atoms with Crippen molar-refractivity contribution in [2.75, 3.05) is 30.0 Å². The van der Waals surface area contributed by atoms with Crippen LogP contribution in [-0.2, 0) is 20.7 Å². The molecule has 7 nitrogen and oxygen atoms in total. The van der Waals surface area contributed by atoms with E-state index in [0.717, 1.165) is 17.1 Å². The number of thiophene rings is 1. The first-order valence-corrected chi connectivity index (χ1v) is 8.92. The van der Waals surface area contributed by atoms with Crippen LogP contribution in [0.25, 0.3) is 0 Å². The minimum Gasteiger partial charge on any atom is -0.377 e. The molecule has 2 amide bonds. The number of nitrogens with one attached hydrogen (secondary N) is 2. The molecule has 0 radical (unpaired) electrons. The van der Waals surface area contributed by atoms with Crippen LogP contribution < -0.4 is 15.5 Å². The molecule has 1 fully saturated rings. The summed E-state index contributed by atoms with van der Waals surface area (Å²) in [6, 6.07) is 9.28. The summed E-state index contributed by atoms with van der Waals surface area (Å²) in [5.41, 5.74) is 0.889. The summed E-state index contributed by atoms with van der Waals surface area (Å²) in [4.78, 5) is 29.3. The molecule has 132 valence electrons. The van der Waals surface area contributed by atoms with E-state index in [2.05, 4.69) is 15.6 Å². The lowest BCUT2D eigenvalue weighted by molar-refractivity contribution is -0.116. The van der Waals surface area contributed by atoms with Crippen LogP contribution in [0.1, 0.15) is 12.1 Å². The maximum Gasteiger partial charge on any atom is 0.225 e. The Hall–Kier alpha value is -2.29. The van der Waals surface area contributed by atoms with Gasteiger partial charge in [-0.3, -0.25) is 24.8 Å². The fraction of sp³-hybridized carbons (Fsp3) is 0.353. The standard InChI is InChI=1S/C17H20N4O3S/c22-12-21(14-11-24-10-9-19-14)17-7-6-16(25-17)20-15(23)5-4-13-3-1-2-8-18-13/h1-3,6-8,12,14,19H,4-5,9-11H2,(H,20,23). The average Bonchev–Trinajstić information content (AvgIpc) is 3.10. The number of carbonyl (C=O) groups is 2. The smallest absolute Gasteiger partial charge is 0.225 e. The second-order valence-corrected chi connectivity index (χ2v) is 6.63. The third-order valence-electron chi connectivity index (χ3n) is 3.79. The summed E-state index contributed by atoms with van der Waals surface area (Å²) in [6.45, 7) is 1.80. The normalized spacial score (nSPS) is 17.0. The van der Waals surface area contributed by atoms with Crippen molar-refractivity contribution >= 4 is 33.7 Å². The number of anilines is 2. The molecule has 8 heteroatoms. The van der Waals surface area contributed by atoms with Crippen molar-refractivity contribution in [1.29, 1.82) is 0 Å². The largest absolute Gasteiger partial charge is 0.377 e. The molecule has 1 aliphatic rings. The number of nitrogens with zero attached hydrogens (tertiary/aromatic N) is 2. The van der Waals surface area contributed by atoms with Gasteiger partial charge in [0.1, 0.15) is 11.2 Å². The molecule has 1 unspecified atom stereocenters. The monoisotopic (exact) mass is 360 g/mol. The molecule has 2 N–H and O–H groups in total. The highest BCUT2D eigenvalue weighted by Gasteiger charge is 2.22. The quantitative estimate of drug-likeness (QED) is 0.733. The number of rotatable bonds is 7. The Morgan fingerprint density at radius 2 is 2.36 bits per heavy atom. The van der Waals surface area contributed by atoms with Crippen molar-refractivity contribution in [3.8, 4) is 0 Å². The van der Waals surface area contributed by atoms with Crippen molar-refractivity contribution in [1.82, 2.24) is 10.3 Å². The Morgan fingerprint density at radius 1 is 1.44 bits per heavy atom. The van der Waals surface area contributed by atoms with Gasteiger partial charge in [-0.15, -0.1) is 11.3 Å². The van der Waals surface area contributed by atoms with Crippen LogP contribution in [0.2, 0.25) is 0 Å². The predicted octanol–water partition coefficient (Wildman–Crippen LogP) is 1.62. The zero-order valence-electron chi connectivity index (χ0n) is 13.7. The molecule has 2 aromatic heterocycles. The molecule has 1 atom stereocenters. The number of ether oxygens (including phenoxy) is 1. The Labute approximate surface area is 150 Å². The minimum atomic E-state index is -0.183. The van der Waals surface area contributed by atoms with Gasteiger partial charge in [0, 0.05) is 24.9 Å². The van der Waals surface area contributed by atoms with Crippen molar-refractivity contribution in [3.63, 3.8) is 0 Å². The number of aryl methyl sites for hydroxylation is 1. The van der Waals surface area contributed by atoms with Gasteiger partial charge in [-0.1, -0.05) is 6.07 Å². The van der Waals surface area contributed by atoms with E-state index >= 15 is 0 Å². The van der Waals surface area contributed by atoms with E-state index in [-0.39, 0.29) is 12.1 Å². The Bertz CT molecular complexity index is 701. The van der Waals surface area contributed by atoms with Crippen LogP contribution in [0, 0.1) is 0 Å². The molecule has 1 aliphatic heterocycles. The van der Waals surface area contributed by atoms with Gasteiger partial charge in [0.2, 0.25) is 12.3 Å². The van der Waals surface area contributed by atoms with Gasteiger partial charge in [0.05, 0.1) is 18.2 Å². The Balaban J connectivity index is 1.55. The van der Waals surface area contributed by atoms with Crippen LogP contribution in [0.15, 0.2) is 36.5 Å². The van der Waals surface area contributed by atoms with Gasteiger partial charge in [0.25, 0.3) is 0 Å². The molecule has 0 aliphatic carbocycles. The minimum absolute atomic E-state index is 0.0733. The van der Waals surface area contributed by atoms with E-state index in [0.29, 0.717) is 37.6 Å². The zero-order chi connectivity index (χ0) is 17.5. The van der Waals surface area contributed by atoms with E-state index in [9.17, 15) is 9.59 Å². The van der Waals surface area contributed by atoms with Crippen molar-refractivity contribution in [2.45, 2.75) is 19.0 Å². The van der Waals surface area contributed by atoms with Gasteiger partial charge in [-0.2, -0.15) is 0 Å². The summed E-state index contributed by atoms with van der Waals surface area (Å²) in [6.07, 6.45) is 3.27. The fourth-order valence-corrected chi connectivity index (χ4v) is 3.47. The van der Waals surface area contributed by atoms with Crippen molar-refractivity contribution in [3.05, 3.63) is 42.2 Å². The number of aromatic nitrogens is 1. The molecular weight excluding hydrogens is 340 g/mol. The van der Waals surface area contributed by atoms with Crippen molar-refractivity contribution < 1.29 is 14.3 Å². The maximum atomic E-state index is 12.1. The van der Waals surface area contributed by atoms with Gasteiger partial charge in [-0.05, 0) is 30.7 Å². The number of carbonyl (C=O) groups excluding carboxylic acids is 2. The number of morpholine rings is 1. The lowest BCUT2D eigenvalue weighted by Crippen LogP contribution is -2.52. The van der Waals surface area contributed by atoms with Crippen LogP contribution in [0.4, 0.5) is 10.0 Å². The van der Waals surface area contributed by atoms with Crippen molar-refractivity contribution in [2.24, 2.45) is 0 Å². The molecule has 3 heterocycles. The summed E-state index contributed by atoms with van der Waals surface area (Å²) in [7, 11) is 0. The molecule has 0 saturated carbocycles. The predicted molar refractivity (Wildman–Crippen MR) is 96.7 cm³/mol. The van der Waals surface area contributed by atoms with E-state index in [1.807, 2.05) is 24.3 Å². The molecule has 1 saturated heterocycles. The average molecular weight is 360 g/mol. The summed E-state index contributed by atoms with van der Waals surface area (Å²) >= 11 is 1.36. The Kier molecular flexibility index (Phi) is 6.10. The lowest BCUT2D eigenvalue weighted by atomic mass is 10.2. The number of hydrogen-bond acceptors (Lipinski definition) is 6. The van der Waals surface area contributed by atoms with Gasteiger partial charge >= 0.3 is 0 Å². The number of pyridine rings is 1. The van der Waals surface area contributed by atoms with Gasteiger partial charge < -0.3 is 10.1 Å². The zero-order valence-corrected chi connectivity index (χ0v) is 14.5. The van der Waals surface area contributed by atoms with E-state index in [4.69, 9.17) is 4.74 Å². The highest BCUT2D eigenvalue weighted by atomic mass is 32.1. The third kappa shape index (κ3) is 4.85. The first kappa shape index (κ1) is 17.5. The second-order valence-electron chi connectivity index (χ2n) is 5.56. The summed E-state index contributed by atoms with van der Waals surface area (Å²) in [5, 5.41) is 7.59. The number of hydrogen-bond donors (Lipinski definition) is 2. The number of amides is 2. The lowest BCUT2D eigenvalue weighted by Gasteiger charge is -2.31. The molecule has 0 spiro atoms. The molecule has 2 aromatic rings. The van der Waals surface area contributed by atoms with E-state index in [1.54, 1.807) is 17.2 Å². The van der Waals surface area contributed by atoms with Crippen LogP contribution >= 0.6 is 11.3 Å². The first-order valence-electron chi connectivity index (χ1n) is 8.10. The molecule has 0 aromatic carbocycles. The highest BCUT2D eigenvalue weighted by molar-refractivity contribution is 7.20. The molecular formula is C17H20N4O3S. The molecule has 3 rings (SSSR count). The van der Waals surface area contributed by atoms with Gasteiger partial charge in [0.15, 0.2) is 0 Å². The summed E-state index contributed by atoms with van der Waals surface area (Å²) in [5.74, 6) is -0.0733. The SMILES string of the molecule is O=CN(c1ccc(NC(=O)CCc2ccccn2)s1)C1COCCN1. The second kappa shape index (κ2) is 8.70. The van der Waals surface area contributed by atoms with Gasteiger partial charge in [-0.25, -0.2) is 0 Å². The van der Waals surface area contributed by atoms with Crippen LogP contribution in [-0.4, -0.2) is 43.2 Å². The van der Waals surface area contributed by atoms with Crippen LogP contribution in [0.5, 0.6) is 0 Å². The van der Waals surface area contributed by atoms with Crippen LogP contribution in [0.3, 0.4) is 0 Å². The molecule has 0 bridgehead atoms. The third-order valence-corrected chi connectivity index (χ3v) is 4.81. The molecule has 25 heavy (non-hydrogen) atoms. The highest BCUT2D eigenvalue weighted by Crippen LogP contribution is 2.30. The summed E-state index contributed by atoms with van der Waals surface area (Å²) < 4.78 is 5.40. The first-order chi connectivity index (χ1) is 12.3. The topological polar surface area (TPSA) is 83.6 Å². The Morgan fingerprint density at radius 3 is 3.08 bits per heavy atom. The van der Waals surface area contributed by atoms with E-state index in [1.165, 1.54) is 11.3 Å². The fourth-order valence-electron chi connectivity index (χ4n) is 2.53.